The fourth-order valence-corrected chi connectivity index (χ4v) is 1.83. The highest BCUT2D eigenvalue weighted by Crippen LogP contribution is 2.21. The van der Waals surface area contributed by atoms with Crippen LogP contribution in [0.15, 0.2) is 0 Å². The Labute approximate surface area is 109 Å². The van der Waals surface area contributed by atoms with Gasteiger partial charge in [0.2, 0.25) is 5.91 Å². The number of nitrogens with two attached hydrogens (primary N) is 1. The minimum Gasteiger partial charge on any atom is -0.481 e. The van der Waals surface area contributed by atoms with Gasteiger partial charge in [0.25, 0.3) is 0 Å². The Bertz CT molecular complexity index is 284. The Morgan fingerprint density at radius 2 is 1.89 bits per heavy atom. The van der Waals surface area contributed by atoms with E-state index in [0.717, 1.165) is 6.42 Å². The van der Waals surface area contributed by atoms with Crippen molar-refractivity contribution in [3.05, 3.63) is 0 Å². The number of carbonyl (C=O) groups excluding carboxylic acids is 1. The molecule has 0 spiro atoms. The smallest absolute Gasteiger partial charge is 0.303 e. The molecule has 0 aliphatic heterocycles. The van der Waals surface area contributed by atoms with Crippen LogP contribution in [0.25, 0.3) is 0 Å². The molecular formula is C13H26N2O3. The lowest BCUT2D eigenvalue weighted by molar-refractivity contribution is -0.138. The molecule has 0 bridgehead atoms. The van der Waals surface area contributed by atoms with Gasteiger partial charge in [0.1, 0.15) is 0 Å². The van der Waals surface area contributed by atoms with Crippen molar-refractivity contribution in [3.63, 3.8) is 0 Å². The van der Waals surface area contributed by atoms with Crippen LogP contribution in [0.5, 0.6) is 0 Å². The first-order valence-corrected chi connectivity index (χ1v) is 6.33. The van der Waals surface area contributed by atoms with Gasteiger partial charge in [-0.1, -0.05) is 20.8 Å². The van der Waals surface area contributed by atoms with Gasteiger partial charge in [-0.05, 0) is 18.3 Å². The van der Waals surface area contributed by atoms with Gasteiger partial charge in [0.05, 0.1) is 0 Å². The van der Waals surface area contributed by atoms with Gasteiger partial charge in [0, 0.05) is 32.5 Å². The third-order valence-corrected chi connectivity index (χ3v) is 2.62. The average molecular weight is 258 g/mol. The van der Waals surface area contributed by atoms with E-state index in [9.17, 15) is 9.59 Å². The highest BCUT2D eigenvalue weighted by Gasteiger charge is 2.19. The summed E-state index contributed by atoms with van der Waals surface area (Å²) >= 11 is 0. The second-order valence-electron chi connectivity index (χ2n) is 6.04. The van der Waals surface area contributed by atoms with Gasteiger partial charge < -0.3 is 15.7 Å². The molecule has 1 amide bonds. The molecule has 5 heteroatoms. The standard InChI is InChI=1S/C13H26N2O3/c1-13(2,3)9-10(14)8-11(16)15(4)7-5-6-12(17)18/h10H,5-9,14H2,1-4H3,(H,17,18). The predicted octanol–water partition coefficient (Wildman–Crippen LogP) is 1.46. The van der Waals surface area contributed by atoms with Crippen LogP contribution >= 0.6 is 0 Å². The molecule has 18 heavy (non-hydrogen) atoms. The summed E-state index contributed by atoms with van der Waals surface area (Å²) in [5, 5.41) is 8.51. The second-order valence-corrected chi connectivity index (χ2v) is 6.04. The molecule has 0 fully saturated rings. The molecule has 0 heterocycles. The molecular weight excluding hydrogens is 232 g/mol. The van der Waals surface area contributed by atoms with Crippen LogP contribution in [0.3, 0.4) is 0 Å². The van der Waals surface area contributed by atoms with Crippen molar-refractivity contribution < 1.29 is 14.7 Å². The Hall–Kier alpha value is -1.10. The molecule has 0 aromatic rings. The molecule has 3 N–H and O–H groups in total. The van der Waals surface area contributed by atoms with Crippen LogP contribution in [0.2, 0.25) is 0 Å². The van der Waals surface area contributed by atoms with Gasteiger partial charge in [-0.2, -0.15) is 0 Å². The number of nitrogens with zero attached hydrogens (tertiary/aromatic N) is 1. The molecule has 0 aromatic heterocycles. The van der Waals surface area contributed by atoms with E-state index in [0.29, 0.717) is 19.4 Å². The highest BCUT2D eigenvalue weighted by atomic mass is 16.4. The number of carboxylic acid groups (broad SMARTS) is 1. The van der Waals surface area contributed by atoms with E-state index in [1.165, 1.54) is 0 Å². The minimum absolute atomic E-state index is 0.0165. The van der Waals surface area contributed by atoms with Gasteiger partial charge >= 0.3 is 5.97 Å². The topological polar surface area (TPSA) is 83.6 Å². The largest absolute Gasteiger partial charge is 0.481 e. The first kappa shape index (κ1) is 16.9. The third kappa shape index (κ3) is 8.98. The lowest BCUT2D eigenvalue weighted by Gasteiger charge is -2.24. The van der Waals surface area contributed by atoms with Crippen LogP contribution in [0.4, 0.5) is 0 Å². The zero-order chi connectivity index (χ0) is 14.3. The van der Waals surface area contributed by atoms with Crippen molar-refractivity contribution in [2.75, 3.05) is 13.6 Å². The first-order chi connectivity index (χ1) is 8.11. The van der Waals surface area contributed by atoms with Crippen LogP contribution in [0.1, 0.15) is 46.5 Å². The summed E-state index contributed by atoms with van der Waals surface area (Å²) in [6.45, 7) is 6.74. The van der Waals surface area contributed by atoms with E-state index in [-0.39, 0.29) is 23.8 Å². The van der Waals surface area contributed by atoms with Crippen molar-refractivity contribution in [1.82, 2.24) is 4.90 Å². The maximum atomic E-state index is 11.8. The summed E-state index contributed by atoms with van der Waals surface area (Å²) in [5.41, 5.74) is 6.05. The van der Waals surface area contributed by atoms with E-state index in [4.69, 9.17) is 10.8 Å². The molecule has 0 aliphatic carbocycles. The van der Waals surface area contributed by atoms with Gasteiger partial charge in [-0.15, -0.1) is 0 Å². The molecule has 1 unspecified atom stereocenters. The van der Waals surface area contributed by atoms with Crippen molar-refractivity contribution in [2.24, 2.45) is 11.1 Å². The lowest BCUT2D eigenvalue weighted by Crippen LogP contribution is -2.35. The SMILES string of the molecule is CN(CCCC(=O)O)C(=O)CC(N)CC(C)(C)C. The molecule has 0 radical (unpaired) electrons. The van der Waals surface area contributed by atoms with E-state index in [2.05, 4.69) is 20.8 Å². The maximum Gasteiger partial charge on any atom is 0.303 e. The third-order valence-electron chi connectivity index (χ3n) is 2.62. The highest BCUT2D eigenvalue weighted by molar-refractivity contribution is 5.76. The lowest BCUT2D eigenvalue weighted by atomic mass is 9.87. The van der Waals surface area contributed by atoms with Gasteiger partial charge in [0.15, 0.2) is 0 Å². The Kier molecular flexibility index (Phi) is 6.91. The van der Waals surface area contributed by atoms with Crippen LogP contribution in [-0.4, -0.2) is 41.5 Å². The zero-order valence-electron chi connectivity index (χ0n) is 11.9. The number of rotatable bonds is 7. The molecule has 0 saturated heterocycles. The van der Waals surface area contributed by atoms with E-state index in [1.54, 1.807) is 11.9 Å². The summed E-state index contributed by atoms with van der Waals surface area (Å²) in [4.78, 5) is 23.7. The summed E-state index contributed by atoms with van der Waals surface area (Å²) in [7, 11) is 1.69. The van der Waals surface area contributed by atoms with E-state index < -0.39 is 5.97 Å². The van der Waals surface area contributed by atoms with E-state index >= 15 is 0 Å². The minimum atomic E-state index is -0.833. The zero-order valence-corrected chi connectivity index (χ0v) is 11.9. The normalized spacial score (nSPS) is 13.2. The van der Waals surface area contributed by atoms with Crippen molar-refractivity contribution in [2.45, 2.75) is 52.5 Å². The Balaban J connectivity index is 3.96. The van der Waals surface area contributed by atoms with Crippen molar-refractivity contribution in [1.29, 1.82) is 0 Å². The van der Waals surface area contributed by atoms with Crippen molar-refractivity contribution >= 4 is 11.9 Å². The summed E-state index contributed by atoms with van der Waals surface area (Å²) in [6, 6.07) is -0.139. The second kappa shape index (κ2) is 7.36. The van der Waals surface area contributed by atoms with Crippen LogP contribution in [0, 0.1) is 5.41 Å². The number of amides is 1. The summed E-state index contributed by atoms with van der Waals surface area (Å²) in [5.74, 6) is -0.850. The molecule has 0 rings (SSSR count). The fraction of sp³-hybridized carbons (Fsp3) is 0.846. The van der Waals surface area contributed by atoms with E-state index in [1.807, 2.05) is 0 Å². The number of hydrogen-bond acceptors (Lipinski definition) is 3. The molecule has 5 nitrogen and oxygen atoms in total. The number of aliphatic carboxylic acids is 1. The van der Waals surface area contributed by atoms with Gasteiger partial charge in [-0.25, -0.2) is 0 Å². The fourth-order valence-electron chi connectivity index (χ4n) is 1.83. The molecule has 0 aliphatic rings. The molecule has 0 aromatic carbocycles. The number of carboxylic acids is 1. The molecule has 0 saturated carbocycles. The van der Waals surface area contributed by atoms with Gasteiger partial charge in [-0.3, -0.25) is 9.59 Å². The Morgan fingerprint density at radius 3 is 2.33 bits per heavy atom. The van der Waals surface area contributed by atoms with Crippen molar-refractivity contribution in [3.8, 4) is 0 Å². The molecule has 106 valence electrons. The average Bonchev–Trinajstić information content (AvgIpc) is 2.13. The monoisotopic (exact) mass is 258 g/mol. The maximum absolute atomic E-state index is 11.8. The number of hydrogen-bond donors (Lipinski definition) is 2. The predicted molar refractivity (Wildman–Crippen MR) is 71.2 cm³/mol. The number of carbonyl (C=O) groups is 2. The Morgan fingerprint density at radius 1 is 1.33 bits per heavy atom. The van der Waals surface area contributed by atoms with Crippen LogP contribution < -0.4 is 5.73 Å². The summed E-state index contributed by atoms with van der Waals surface area (Å²) < 4.78 is 0. The quantitative estimate of drug-likeness (QED) is 0.724. The summed E-state index contributed by atoms with van der Waals surface area (Å²) in [6.07, 6.45) is 1.68. The first-order valence-electron chi connectivity index (χ1n) is 6.33. The van der Waals surface area contributed by atoms with Crippen LogP contribution in [-0.2, 0) is 9.59 Å². The molecule has 1 atom stereocenters.